The monoisotopic (exact) mass is 283 g/mol. The van der Waals surface area contributed by atoms with Gasteiger partial charge in [0, 0.05) is 18.2 Å². The number of aliphatic carboxylic acids is 1. The molecule has 2 N–H and O–H groups in total. The fraction of sp³-hybridized carbons (Fsp3) is 0.500. The lowest BCUT2D eigenvalue weighted by Crippen LogP contribution is -2.46. The van der Waals surface area contributed by atoms with Gasteiger partial charge in [-0.3, -0.25) is 9.59 Å². The van der Waals surface area contributed by atoms with E-state index in [9.17, 15) is 19.7 Å². The van der Waals surface area contributed by atoms with Gasteiger partial charge >= 0.3 is 11.8 Å². The molecule has 0 spiro atoms. The average molecular weight is 283 g/mol. The third kappa shape index (κ3) is 3.81. The largest absolute Gasteiger partial charge is 0.481 e. The topological polar surface area (TPSA) is 117 Å². The number of nitrogens with one attached hydrogen (secondary N) is 1. The van der Waals surface area contributed by atoms with Crippen LogP contribution in [0.5, 0.6) is 0 Å². The number of hydrogen-bond donors (Lipinski definition) is 2. The van der Waals surface area contributed by atoms with Crippen LogP contribution in [0, 0.1) is 10.1 Å². The van der Waals surface area contributed by atoms with Crippen LogP contribution in [-0.4, -0.2) is 43.9 Å². The minimum Gasteiger partial charge on any atom is -0.481 e. The van der Waals surface area contributed by atoms with Crippen molar-refractivity contribution in [3.8, 4) is 0 Å². The quantitative estimate of drug-likeness (QED) is 0.629. The molecule has 0 saturated heterocycles. The van der Waals surface area contributed by atoms with E-state index in [0.717, 1.165) is 0 Å². The van der Waals surface area contributed by atoms with Crippen molar-refractivity contribution in [2.45, 2.75) is 32.7 Å². The molecule has 1 amide bonds. The van der Waals surface area contributed by atoms with Crippen LogP contribution < -0.4 is 0 Å². The zero-order chi connectivity index (χ0) is 15.5. The summed E-state index contributed by atoms with van der Waals surface area (Å²) in [5.41, 5.74) is -0.524. The van der Waals surface area contributed by atoms with Crippen molar-refractivity contribution in [3.05, 3.63) is 27.9 Å². The van der Waals surface area contributed by atoms with Crippen LogP contribution in [-0.2, 0) is 4.79 Å². The smallest absolute Gasteiger partial charge is 0.321 e. The van der Waals surface area contributed by atoms with Crippen molar-refractivity contribution in [2.75, 3.05) is 6.54 Å². The van der Waals surface area contributed by atoms with Crippen LogP contribution in [0.15, 0.2) is 12.1 Å². The Hall–Kier alpha value is -2.38. The number of carboxylic acid groups (broad SMARTS) is 1. The van der Waals surface area contributed by atoms with E-state index in [1.807, 2.05) is 0 Å². The van der Waals surface area contributed by atoms with E-state index in [2.05, 4.69) is 4.98 Å². The van der Waals surface area contributed by atoms with Gasteiger partial charge in [0.05, 0.1) is 6.42 Å². The standard InChI is InChI=1S/C12H17N3O5/c1-12(2,3)14(7-6-10(16)17)11(18)8-4-5-9(13-8)15(19)20/h4-5,13H,6-7H2,1-3H3,(H,16,17). The number of aromatic nitrogens is 1. The molecule has 1 aromatic rings. The highest BCUT2D eigenvalue weighted by Gasteiger charge is 2.30. The number of H-pyrrole nitrogens is 1. The normalized spacial score (nSPS) is 11.2. The highest BCUT2D eigenvalue weighted by Crippen LogP contribution is 2.19. The van der Waals surface area contributed by atoms with Crippen LogP contribution in [0.2, 0.25) is 0 Å². The molecule has 110 valence electrons. The van der Waals surface area contributed by atoms with Crippen molar-refractivity contribution in [1.29, 1.82) is 0 Å². The first-order valence-electron chi connectivity index (χ1n) is 6.00. The molecule has 0 radical (unpaired) electrons. The number of amides is 1. The maximum Gasteiger partial charge on any atom is 0.321 e. The van der Waals surface area contributed by atoms with Gasteiger partial charge in [0.1, 0.15) is 0 Å². The summed E-state index contributed by atoms with van der Waals surface area (Å²) in [5, 5.41) is 19.3. The lowest BCUT2D eigenvalue weighted by Gasteiger charge is -2.34. The maximum absolute atomic E-state index is 12.3. The van der Waals surface area contributed by atoms with E-state index in [1.165, 1.54) is 17.0 Å². The number of carbonyl (C=O) groups is 2. The van der Waals surface area contributed by atoms with Gasteiger partial charge in [-0.15, -0.1) is 0 Å². The summed E-state index contributed by atoms with van der Waals surface area (Å²) in [7, 11) is 0. The molecule has 1 rings (SSSR count). The third-order valence-electron chi connectivity index (χ3n) is 2.70. The fourth-order valence-corrected chi connectivity index (χ4v) is 1.71. The number of hydrogen-bond acceptors (Lipinski definition) is 4. The molecular formula is C12H17N3O5. The summed E-state index contributed by atoms with van der Waals surface area (Å²) in [6, 6.07) is 2.52. The Bertz CT molecular complexity index is 529. The molecule has 0 fully saturated rings. The van der Waals surface area contributed by atoms with E-state index in [4.69, 9.17) is 5.11 Å². The highest BCUT2D eigenvalue weighted by atomic mass is 16.6. The van der Waals surface area contributed by atoms with E-state index in [1.54, 1.807) is 20.8 Å². The molecule has 0 bridgehead atoms. The van der Waals surface area contributed by atoms with Crippen LogP contribution in [0.25, 0.3) is 0 Å². The van der Waals surface area contributed by atoms with Gasteiger partial charge in [-0.25, -0.2) is 4.98 Å². The molecule has 0 atom stereocenters. The minimum absolute atomic E-state index is 0.0322. The Morgan fingerprint density at radius 1 is 1.40 bits per heavy atom. The second-order valence-electron chi connectivity index (χ2n) is 5.29. The summed E-state index contributed by atoms with van der Waals surface area (Å²) in [6.07, 6.45) is -0.189. The lowest BCUT2D eigenvalue weighted by atomic mass is 10.0. The van der Waals surface area contributed by atoms with Crippen molar-refractivity contribution in [2.24, 2.45) is 0 Å². The number of rotatable bonds is 5. The third-order valence-corrected chi connectivity index (χ3v) is 2.70. The molecule has 0 aliphatic rings. The van der Waals surface area contributed by atoms with E-state index < -0.39 is 22.3 Å². The van der Waals surface area contributed by atoms with E-state index >= 15 is 0 Å². The summed E-state index contributed by atoms with van der Waals surface area (Å²) < 4.78 is 0. The Kier molecular flexibility index (Phi) is 4.49. The van der Waals surface area contributed by atoms with Gasteiger partial charge in [-0.1, -0.05) is 0 Å². The summed E-state index contributed by atoms with van der Waals surface area (Å²) in [5.74, 6) is -1.75. The van der Waals surface area contributed by atoms with Crippen LogP contribution >= 0.6 is 0 Å². The Labute approximate surface area is 115 Å². The second kappa shape index (κ2) is 5.72. The summed E-state index contributed by atoms with van der Waals surface area (Å²) in [4.78, 5) is 36.7. The summed E-state index contributed by atoms with van der Waals surface area (Å²) in [6.45, 7) is 5.34. The highest BCUT2D eigenvalue weighted by molar-refractivity contribution is 5.93. The summed E-state index contributed by atoms with van der Waals surface area (Å²) >= 11 is 0. The maximum atomic E-state index is 12.3. The van der Waals surface area contributed by atoms with Gasteiger partial charge in [0.2, 0.25) is 0 Å². The number of carboxylic acids is 1. The molecule has 1 heterocycles. The van der Waals surface area contributed by atoms with E-state index in [-0.39, 0.29) is 24.5 Å². The molecule has 1 aromatic heterocycles. The first kappa shape index (κ1) is 15.7. The van der Waals surface area contributed by atoms with Gasteiger partial charge in [0.15, 0.2) is 5.69 Å². The Morgan fingerprint density at radius 2 is 2.00 bits per heavy atom. The Morgan fingerprint density at radius 3 is 2.40 bits per heavy atom. The van der Waals surface area contributed by atoms with Crippen LogP contribution in [0.1, 0.15) is 37.7 Å². The molecular weight excluding hydrogens is 266 g/mol. The predicted molar refractivity (Wildman–Crippen MR) is 70.5 cm³/mol. The Balaban J connectivity index is 2.97. The molecule has 20 heavy (non-hydrogen) atoms. The zero-order valence-electron chi connectivity index (χ0n) is 11.5. The van der Waals surface area contributed by atoms with Crippen molar-refractivity contribution in [3.63, 3.8) is 0 Å². The number of nitro groups is 1. The average Bonchev–Trinajstić information content (AvgIpc) is 2.75. The van der Waals surface area contributed by atoms with Gasteiger partial charge in [0.25, 0.3) is 5.91 Å². The van der Waals surface area contributed by atoms with E-state index in [0.29, 0.717) is 0 Å². The fourth-order valence-electron chi connectivity index (χ4n) is 1.71. The van der Waals surface area contributed by atoms with Crippen molar-refractivity contribution < 1.29 is 19.6 Å². The predicted octanol–water partition coefficient (Wildman–Crippen LogP) is 1.64. The second-order valence-corrected chi connectivity index (χ2v) is 5.29. The van der Waals surface area contributed by atoms with Gasteiger partial charge in [-0.05, 0) is 31.8 Å². The first-order chi connectivity index (χ1) is 9.12. The molecule has 8 heteroatoms. The van der Waals surface area contributed by atoms with Crippen molar-refractivity contribution in [1.82, 2.24) is 9.88 Å². The number of nitrogens with zero attached hydrogens (tertiary/aromatic N) is 2. The molecule has 0 unspecified atom stereocenters. The van der Waals surface area contributed by atoms with Crippen molar-refractivity contribution >= 4 is 17.7 Å². The minimum atomic E-state index is -1.01. The number of aromatic amines is 1. The molecule has 0 saturated carbocycles. The SMILES string of the molecule is CC(C)(C)N(CCC(=O)O)C(=O)c1ccc([N+](=O)[O-])[nH]1. The first-order valence-corrected chi connectivity index (χ1v) is 6.00. The molecule has 8 nitrogen and oxygen atoms in total. The van der Waals surface area contributed by atoms with Crippen LogP contribution in [0.4, 0.5) is 5.82 Å². The molecule has 0 aromatic carbocycles. The lowest BCUT2D eigenvalue weighted by molar-refractivity contribution is -0.389. The van der Waals surface area contributed by atoms with Crippen LogP contribution in [0.3, 0.4) is 0 Å². The van der Waals surface area contributed by atoms with Gasteiger partial charge < -0.3 is 20.1 Å². The number of carbonyl (C=O) groups excluding carboxylic acids is 1. The van der Waals surface area contributed by atoms with Gasteiger partial charge in [-0.2, -0.15) is 0 Å². The zero-order valence-corrected chi connectivity index (χ0v) is 11.5. The molecule has 0 aliphatic heterocycles. The molecule has 0 aliphatic carbocycles.